The third-order valence-corrected chi connectivity index (χ3v) is 5.21. The summed E-state index contributed by atoms with van der Waals surface area (Å²) < 4.78 is 5.48. The van der Waals surface area contributed by atoms with Gasteiger partial charge in [0.25, 0.3) is 0 Å². The summed E-state index contributed by atoms with van der Waals surface area (Å²) in [4.78, 5) is 28.4. The standard InChI is InChI=1S/C17H30N2O3S/c1-16(2,3)22-15(21)18-7-6-13(17(4,5)11-18)19-9-12(10-23)8-14(19)20/h12-13,23H,6-11H2,1-5H3. The quantitative estimate of drug-likeness (QED) is 0.785. The van der Waals surface area contributed by atoms with E-state index in [2.05, 4.69) is 26.5 Å². The SMILES string of the molecule is CC(C)(C)OC(=O)N1CCC(N2CC(CS)CC2=O)C(C)(C)C1. The van der Waals surface area contributed by atoms with E-state index in [1.165, 1.54) is 0 Å². The first-order chi connectivity index (χ1) is 10.5. The Labute approximate surface area is 145 Å². The molecule has 132 valence electrons. The minimum Gasteiger partial charge on any atom is -0.444 e. The number of hydrogen-bond acceptors (Lipinski definition) is 4. The molecule has 2 rings (SSSR count). The van der Waals surface area contributed by atoms with Gasteiger partial charge in [-0.15, -0.1) is 0 Å². The van der Waals surface area contributed by atoms with Crippen LogP contribution in [0.2, 0.25) is 0 Å². The van der Waals surface area contributed by atoms with Crippen molar-refractivity contribution >= 4 is 24.6 Å². The number of thiol groups is 1. The average molecular weight is 343 g/mol. The molecule has 0 aromatic rings. The molecule has 2 atom stereocenters. The predicted octanol–water partition coefficient (Wildman–Crippen LogP) is 2.80. The van der Waals surface area contributed by atoms with Crippen LogP contribution < -0.4 is 0 Å². The topological polar surface area (TPSA) is 49.9 Å². The molecule has 23 heavy (non-hydrogen) atoms. The van der Waals surface area contributed by atoms with E-state index in [-0.39, 0.29) is 23.5 Å². The molecule has 0 spiro atoms. The number of carbonyl (C=O) groups excluding carboxylic acids is 2. The van der Waals surface area contributed by atoms with E-state index < -0.39 is 5.60 Å². The fourth-order valence-corrected chi connectivity index (χ4v) is 3.88. The van der Waals surface area contributed by atoms with E-state index in [9.17, 15) is 9.59 Å². The molecular formula is C17H30N2O3S. The van der Waals surface area contributed by atoms with Crippen LogP contribution in [-0.4, -0.2) is 58.8 Å². The number of ether oxygens (including phenoxy) is 1. The van der Waals surface area contributed by atoms with Crippen LogP contribution in [-0.2, 0) is 9.53 Å². The maximum absolute atomic E-state index is 12.3. The molecule has 2 saturated heterocycles. The van der Waals surface area contributed by atoms with Crippen molar-refractivity contribution in [3.63, 3.8) is 0 Å². The van der Waals surface area contributed by atoms with Crippen LogP contribution in [0.25, 0.3) is 0 Å². The van der Waals surface area contributed by atoms with E-state index in [1.807, 2.05) is 25.7 Å². The molecule has 0 radical (unpaired) electrons. The van der Waals surface area contributed by atoms with E-state index in [4.69, 9.17) is 4.74 Å². The highest BCUT2D eigenvalue weighted by molar-refractivity contribution is 7.80. The van der Waals surface area contributed by atoms with Gasteiger partial charge in [0.15, 0.2) is 0 Å². The van der Waals surface area contributed by atoms with E-state index >= 15 is 0 Å². The number of piperidine rings is 1. The van der Waals surface area contributed by atoms with Crippen molar-refractivity contribution in [2.24, 2.45) is 11.3 Å². The molecule has 6 heteroatoms. The van der Waals surface area contributed by atoms with Crippen molar-refractivity contribution in [2.75, 3.05) is 25.4 Å². The molecule has 2 aliphatic rings. The van der Waals surface area contributed by atoms with Gasteiger partial charge in [-0.25, -0.2) is 4.79 Å². The van der Waals surface area contributed by atoms with Crippen LogP contribution in [0.15, 0.2) is 0 Å². The van der Waals surface area contributed by atoms with Crippen LogP contribution in [0, 0.1) is 11.3 Å². The summed E-state index contributed by atoms with van der Waals surface area (Å²) in [7, 11) is 0. The molecule has 0 aromatic heterocycles. The Kier molecular flexibility index (Phi) is 5.24. The van der Waals surface area contributed by atoms with Gasteiger partial charge >= 0.3 is 6.09 Å². The summed E-state index contributed by atoms with van der Waals surface area (Å²) in [5.74, 6) is 1.33. The Morgan fingerprint density at radius 3 is 2.52 bits per heavy atom. The van der Waals surface area contributed by atoms with E-state index in [0.717, 1.165) is 18.7 Å². The maximum atomic E-state index is 12.3. The summed E-state index contributed by atoms with van der Waals surface area (Å²) in [5, 5.41) is 0. The molecule has 2 aliphatic heterocycles. The Morgan fingerprint density at radius 2 is 2.04 bits per heavy atom. The fourth-order valence-electron chi connectivity index (χ4n) is 3.64. The number of rotatable bonds is 2. The van der Waals surface area contributed by atoms with Crippen molar-refractivity contribution in [1.82, 2.24) is 9.80 Å². The summed E-state index contributed by atoms with van der Waals surface area (Å²) in [6.45, 7) is 11.9. The first-order valence-electron chi connectivity index (χ1n) is 8.42. The van der Waals surface area contributed by atoms with Crippen molar-refractivity contribution in [2.45, 2.75) is 59.1 Å². The Balaban J connectivity index is 2.03. The Hall–Kier alpha value is -0.910. The molecule has 0 saturated carbocycles. The molecular weight excluding hydrogens is 312 g/mol. The second-order valence-electron chi connectivity index (χ2n) is 8.49. The van der Waals surface area contributed by atoms with Crippen molar-refractivity contribution in [1.29, 1.82) is 0 Å². The third kappa shape index (κ3) is 4.34. The van der Waals surface area contributed by atoms with Crippen molar-refractivity contribution < 1.29 is 14.3 Å². The lowest BCUT2D eigenvalue weighted by molar-refractivity contribution is -0.133. The normalized spacial score (nSPS) is 28.2. The minimum atomic E-state index is -0.483. The molecule has 0 bridgehead atoms. The summed E-state index contributed by atoms with van der Waals surface area (Å²) in [5.41, 5.74) is -0.626. The molecule has 5 nitrogen and oxygen atoms in total. The first kappa shape index (κ1) is 18.4. The van der Waals surface area contributed by atoms with Crippen LogP contribution in [0.3, 0.4) is 0 Å². The molecule has 2 heterocycles. The highest BCUT2D eigenvalue weighted by Gasteiger charge is 2.45. The monoisotopic (exact) mass is 342 g/mol. The van der Waals surface area contributed by atoms with Gasteiger partial charge in [0.05, 0.1) is 0 Å². The number of amides is 2. The number of carbonyl (C=O) groups is 2. The van der Waals surface area contributed by atoms with Crippen molar-refractivity contribution in [3.8, 4) is 0 Å². The maximum Gasteiger partial charge on any atom is 0.410 e. The smallest absolute Gasteiger partial charge is 0.410 e. The second kappa shape index (κ2) is 6.54. The lowest BCUT2D eigenvalue weighted by atomic mass is 9.78. The largest absolute Gasteiger partial charge is 0.444 e. The van der Waals surface area contributed by atoms with Crippen LogP contribution in [0.1, 0.15) is 47.5 Å². The summed E-state index contributed by atoms with van der Waals surface area (Å²) in [6, 6.07) is 0.179. The lowest BCUT2D eigenvalue weighted by Gasteiger charge is -2.47. The van der Waals surface area contributed by atoms with Gasteiger partial charge in [0.1, 0.15) is 5.60 Å². The summed E-state index contributed by atoms with van der Waals surface area (Å²) in [6.07, 6.45) is 1.15. The van der Waals surface area contributed by atoms with Crippen LogP contribution in [0.5, 0.6) is 0 Å². The molecule has 2 unspecified atom stereocenters. The second-order valence-corrected chi connectivity index (χ2v) is 8.86. The molecule has 0 aliphatic carbocycles. The van der Waals surface area contributed by atoms with Gasteiger partial charge in [-0.1, -0.05) is 13.8 Å². The van der Waals surface area contributed by atoms with Gasteiger partial charge in [-0.2, -0.15) is 12.6 Å². The fraction of sp³-hybridized carbons (Fsp3) is 0.882. The molecule has 2 fully saturated rings. The predicted molar refractivity (Wildman–Crippen MR) is 93.7 cm³/mol. The Bertz CT molecular complexity index is 473. The molecule has 0 N–H and O–H groups in total. The van der Waals surface area contributed by atoms with Crippen LogP contribution in [0.4, 0.5) is 4.79 Å². The zero-order chi connectivity index (χ0) is 17.4. The number of hydrogen-bond donors (Lipinski definition) is 1. The minimum absolute atomic E-state index is 0.143. The number of nitrogens with zero attached hydrogens (tertiary/aromatic N) is 2. The zero-order valence-corrected chi connectivity index (χ0v) is 15.9. The molecule has 2 amide bonds. The Morgan fingerprint density at radius 1 is 1.39 bits per heavy atom. The highest BCUT2D eigenvalue weighted by Crippen LogP contribution is 2.37. The third-order valence-electron chi connectivity index (χ3n) is 4.70. The van der Waals surface area contributed by atoms with Gasteiger partial charge in [0.2, 0.25) is 5.91 Å². The van der Waals surface area contributed by atoms with Crippen molar-refractivity contribution in [3.05, 3.63) is 0 Å². The van der Waals surface area contributed by atoms with Gasteiger partial charge < -0.3 is 14.5 Å². The lowest BCUT2D eigenvalue weighted by Crippen LogP contribution is -2.57. The summed E-state index contributed by atoms with van der Waals surface area (Å²) >= 11 is 4.34. The van der Waals surface area contributed by atoms with E-state index in [0.29, 0.717) is 25.4 Å². The van der Waals surface area contributed by atoms with Crippen LogP contribution >= 0.6 is 12.6 Å². The average Bonchev–Trinajstić information content (AvgIpc) is 2.76. The zero-order valence-electron chi connectivity index (χ0n) is 15.0. The highest BCUT2D eigenvalue weighted by atomic mass is 32.1. The number of likely N-dealkylation sites (tertiary alicyclic amines) is 2. The van der Waals surface area contributed by atoms with Gasteiger partial charge in [-0.3, -0.25) is 4.79 Å². The van der Waals surface area contributed by atoms with Gasteiger partial charge in [0, 0.05) is 37.5 Å². The van der Waals surface area contributed by atoms with Gasteiger partial charge in [-0.05, 0) is 38.9 Å². The molecule has 0 aromatic carbocycles. The first-order valence-corrected chi connectivity index (χ1v) is 9.05. The van der Waals surface area contributed by atoms with E-state index in [1.54, 1.807) is 4.90 Å².